The number of nitrogens with zero attached hydrogens (tertiary/aromatic N) is 2. The van der Waals surface area contributed by atoms with E-state index in [4.69, 9.17) is 0 Å². The lowest BCUT2D eigenvalue weighted by atomic mass is 9.96. The standard InChI is InChI=1S/C12H20N4O/c1-8(2)13-9-6-7-10(16-15-9)14-11(17)12(3,4)5/h6-8H,1-5H3,(H,13,15)(H,14,16,17). The van der Waals surface area contributed by atoms with Gasteiger partial charge in [0, 0.05) is 11.5 Å². The third-order valence-electron chi connectivity index (χ3n) is 2.02. The number of anilines is 2. The first kappa shape index (κ1) is 13.4. The van der Waals surface area contributed by atoms with Crippen molar-refractivity contribution in [3.8, 4) is 0 Å². The molecule has 5 nitrogen and oxygen atoms in total. The van der Waals surface area contributed by atoms with Crippen molar-refractivity contribution in [1.29, 1.82) is 0 Å². The Bertz CT molecular complexity index is 378. The fourth-order valence-electron chi connectivity index (χ4n) is 1.08. The van der Waals surface area contributed by atoms with Crippen LogP contribution in [0.25, 0.3) is 0 Å². The van der Waals surface area contributed by atoms with Crippen LogP contribution in [-0.4, -0.2) is 22.1 Å². The third kappa shape index (κ3) is 4.38. The van der Waals surface area contributed by atoms with Crippen LogP contribution in [-0.2, 0) is 4.79 Å². The molecule has 0 saturated carbocycles. The van der Waals surface area contributed by atoms with Crippen LogP contribution in [0.4, 0.5) is 11.6 Å². The predicted molar refractivity (Wildman–Crippen MR) is 68.9 cm³/mol. The molecule has 0 atom stereocenters. The highest BCUT2D eigenvalue weighted by Crippen LogP contribution is 2.16. The van der Waals surface area contributed by atoms with E-state index in [1.54, 1.807) is 12.1 Å². The predicted octanol–water partition coefficient (Wildman–Crippen LogP) is 2.28. The SMILES string of the molecule is CC(C)Nc1ccc(NC(=O)C(C)(C)C)nn1. The number of hydrogen-bond acceptors (Lipinski definition) is 4. The van der Waals surface area contributed by atoms with E-state index in [1.165, 1.54) is 0 Å². The molecule has 0 aliphatic carbocycles. The molecule has 0 spiro atoms. The minimum atomic E-state index is -0.434. The molecule has 0 saturated heterocycles. The Balaban J connectivity index is 2.66. The van der Waals surface area contributed by atoms with Gasteiger partial charge in [-0.3, -0.25) is 4.79 Å². The van der Waals surface area contributed by atoms with Crippen LogP contribution in [0.5, 0.6) is 0 Å². The summed E-state index contributed by atoms with van der Waals surface area (Å²) >= 11 is 0. The zero-order valence-electron chi connectivity index (χ0n) is 11.0. The van der Waals surface area contributed by atoms with Gasteiger partial charge in [0.2, 0.25) is 5.91 Å². The molecule has 0 fully saturated rings. The Kier molecular flexibility index (Phi) is 4.04. The lowest BCUT2D eigenvalue weighted by molar-refractivity contribution is -0.123. The van der Waals surface area contributed by atoms with Crippen molar-refractivity contribution in [1.82, 2.24) is 10.2 Å². The number of carbonyl (C=O) groups is 1. The quantitative estimate of drug-likeness (QED) is 0.845. The largest absolute Gasteiger partial charge is 0.366 e. The summed E-state index contributed by atoms with van der Waals surface area (Å²) in [7, 11) is 0. The van der Waals surface area contributed by atoms with Gasteiger partial charge in [-0.25, -0.2) is 0 Å². The lowest BCUT2D eigenvalue weighted by Crippen LogP contribution is -2.28. The van der Waals surface area contributed by atoms with Gasteiger partial charge in [0.15, 0.2) is 5.82 Å². The van der Waals surface area contributed by atoms with Crippen LogP contribution in [0.15, 0.2) is 12.1 Å². The number of hydrogen-bond donors (Lipinski definition) is 2. The van der Waals surface area contributed by atoms with E-state index in [0.717, 1.165) is 0 Å². The molecule has 0 unspecified atom stereocenters. The van der Waals surface area contributed by atoms with Gasteiger partial charge in [0.05, 0.1) is 0 Å². The van der Waals surface area contributed by atoms with Gasteiger partial charge in [-0.15, -0.1) is 10.2 Å². The number of aromatic nitrogens is 2. The zero-order valence-corrected chi connectivity index (χ0v) is 11.0. The minimum absolute atomic E-state index is 0.0728. The van der Waals surface area contributed by atoms with Crippen molar-refractivity contribution in [2.75, 3.05) is 10.6 Å². The second-order valence-electron chi connectivity index (χ2n) is 5.31. The van der Waals surface area contributed by atoms with E-state index in [-0.39, 0.29) is 5.91 Å². The van der Waals surface area contributed by atoms with Crippen LogP contribution >= 0.6 is 0 Å². The summed E-state index contributed by atoms with van der Waals surface area (Å²) in [5, 5.41) is 13.8. The van der Waals surface area contributed by atoms with Gasteiger partial charge in [0.25, 0.3) is 0 Å². The first-order valence-corrected chi connectivity index (χ1v) is 5.71. The molecule has 0 aliphatic heterocycles. The molecule has 1 amide bonds. The molecule has 0 aromatic carbocycles. The number of amides is 1. The highest BCUT2D eigenvalue weighted by atomic mass is 16.2. The van der Waals surface area contributed by atoms with Crippen LogP contribution in [0.1, 0.15) is 34.6 Å². The van der Waals surface area contributed by atoms with Gasteiger partial charge >= 0.3 is 0 Å². The highest BCUT2D eigenvalue weighted by Gasteiger charge is 2.21. The van der Waals surface area contributed by atoms with E-state index in [2.05, 4.69) is 20.8 Å². The van der Waals surface area contributed by atoms with E-state index in [1.807, 2.05) is 34.6 Å². The maximum Gasteiger partial charge on any atom is 0.230 e. The summed E-state index contributed by atoms with van der Waals surface area (Å²) in [5.74, 6) is 1.10. The fraction of sp³-hybridized carbons (Fsp3) is 0.583. The summed E-state index contributed by atoms with van der Waals surface area (Å²) < 4.78 is 0. The molecule has 0 bridgehead atoms. The topological polar surface area (TPSA) is 66.9 Å². The van der Waals surface area contributed by atoms with Crippen LogP contribution in [0.3, 0.4) is 0 Å². The summed E-state index contributed by atoms with van der Waals surface area (Å²) in [5.41, 5.74) is -0.434. The van der Waals surface area contributed by atoms with Crippen molar-refractivity contribution in [3.63, 3.8) is 0 Å². The van der Waals surface area contributed by atoms with Gasteiger partial charge in [-0.2, -0.15) is 0 Å². The van der Waals surface area contributed by atoms with Crippen LogP contribution in [0, 0.1) is 5.41 Å². The molecule has 1 rings (SSSR count). The van der Waals surface area contributed by atoms with Crippen molar-refractivity contribution < 1.29 is 4.79 Å². The molecule has 0 aliphatic rings. The van der Waals surface area contributed by atoms with Crippen molar-refractivity contribution in [2.45, 2.75) is 40.7 Å². The van der Waals surface area contributed by atoms with E-state index >= 15 is 0 Å². The Morgan fingerprint density at radius 1 is 1.18 bits per heavy atom. The van der Waals surface area contributed by atoms with Gasteiger partial charge in [0.1, 0.15) is 5.82 Å². The van der Waals surface area contributed by atoms with Gasteiger partial charge in [-0.05, 0) is 26.0 Å². The molecular formula is C12H20N4O. The summed E-state index contributed by atoms with van der Waals surface area (Å²) in [6.07, 6.45) is 0. The maximum atomic E-state index is 11.7. The smallest absolute Gasteiger partial charge is 0.230 e. The zero-order chi connectivity index (χ0) is 13.1. The lowest BCUT2D eigenvalue weighted by Gasteiger charge is -2.17. The first-order chi connectivity index (χ1) is 7.79. The molecule has 1 heterocycles. The second kappa shape index (κ2) is 5.12. The maximum absolute atomic E-state index is 11.7. The van der Waals surface area contributed by atoms with Crippen LogP contribution in [0.2, 0.25) is 0 Å². The summed E-state index contributed by atoms with van der Waals surface area (Å²) in [6, 6.07) is 3.84. The minimum Gasteiger partial charge on any atom is -0.366 e. The van der Waals surface area contributed by atoms with Gasteiger partial charge in [-0.1, -0.05) is 20.8 Å². The van der Waals surface area contributed by atoms with Crippen molar-refractivity contribution >= 4 is 17.5 Å². The monoisotopic (exact) mass is 236 g/mol. The molecule has 1 aromatic rings. The summed E-state index contributed by atoms with van der Waals surface area (Å²) in [6.45, 7) is 9.60. The molecule has 1 aromatic heterocycles. The Hall–Kier alpha value is -1.65. The second-order valence-corrected chi connectivity index (χ2v) is 5.31. The van der Waals surface area contributed by atoms with Gasteiger partial charge < -0.3 is 10.6 Å². The van der Waals surface area contributed by atoms with E-state index in [9.17, 15) is 4.79 Å². The van der Waals surface area contributed by atoms with Crippen molar-refractivity contribution in [2.24, 2.45) is 5.41 Å². The Morgan fingerprint density at radius 2 is 1.71 bits per heavy atom. The van der Waals surface area contributed by atoms with E-state index in [0.29, 0.717) is 17.7 Å². The average molecular weight is 236 g/mol. The number of carbonyl (C=O) groups excluding carboxylic acids is 1. The van der Waals surface area contributed by atoms with Crippen LogP contribution < -0.4 is 10.6 Å². The highest BCUT2D eigenvalue weighted by molar-refractivity contribution is 5.93. The average Bonchev–Trinajstić information content (AvgIpc) is 2.18. The molecule has 5 heteroatoms. The van der Waals surface area contributed by atoms with E-state index < -0.39 is 5.41 Å². The molecule has 0 radical (unpaired) electrons. The first-order valence-electron chi connectivity index (χ1n) is 5.71. The van der Waals surface area contributed by atoms with Crippen molar-refractivity contribution in [3.05, 3.63) is 12.1 Å². The Morgan fingerprint density at radius 3 is 2.12 bits per heavy atom. The number of rotatable bonds is 3. The normalized spacial score (nSPS) is 11.4. The fourth-order valence-corrected chi connectivity index (χ4v) is 1.08. The molecular weight excluding hydrogens is 216 g/mol. The number of nitrogens with one attached hydrogen (secondary N) is 2. The summed E-state index contributed by atoms with van der Waals surface area (Å²) in [4.78, 5) is 11.7. The molecule has 2 N–H and O–H groups in total. The Labute approximate surface area is 102 Å². The molecule has 94 valence electrons. The third-order valence-corrected chi connectivity index (χ3v) is 2.02. The molecule has 17 heavy (non-hydrogen) atoms.